The molecule has 0 spiro atoms. The number of aliphatic hydroxyl groups is 1. The van der Waals surface area contributed by atoms with Crippen LogP contribution in [0.1, 0.15) is 38.9 Å². The van der Waals surface area contributed by atoms with Gasteiger partial charge in [-0.3, -0.25) is 0 Å². The Morgan fingerprint density at radius 2 is 0.569 bits per heavy atom. The van der Waals surface area contributed by atoms with Gasteiger partial charge in [-0.1, -0.05) is 212 Å². The molecule has 0 radical (unpaired) electrons. The van der Waals surface area contributed by atoms with Gasteiger partial charge in [0.2, 0.25) is 0 Å². The molecule has 0 bridgehead atoms. The number of rotatable bonds is 25. The second-order valence-electron chi connectivity index (χ2n) is 18.0. The summed E-state index contributed by atoms with van der Waals surface area (Å²) in [6, 6.07) is 69.6. The number of hydrogen-bond donors (Lipinski definition) is 1. The van der Waals surface area contributed by atoms with Gasteiger partial charge in [0, 0.05) is 0 Å². The van der Waals surface area contributed by atoms with Crippen molar-refractivity contribution < 1.29 is 52.5 Å². The monoisotopic (exact) mass is 972 g/mol. The minimum absolute atomic E-state index is 0.0737. The average molecular weight is 973 g/mol. The van der Waals surface area contributed by atoms with Gasteiger partial charge in [-0.15, -0.1) is 0 Å². The third-order valence-electron chi connectivity index (χ3n) is 12.7. The van der Waals surface area contributed by atoms with Gasteiger partial charge < -0.3 is 52.5 Å². The second-order valence-corrected chi connectivity index (χ2v) is 18.0. The van der Waals surface area contributed by atoms with Crippen LogP contribution < -0.4 is 0 Å². The molecule has 7 aromatic carbocycles. The third-order valence-corrected chi connectivity index (χ3v) is 12.7. The van der Waals surface area contributed by atoms with E-state index in [1.54, 1.807) is 0 Å². The van der Waals surface area contributed by atoms with Gasteiger partial charge in [0.25, 0.3) is 0 Å². The van der Waals surface area contributed by atoms with Crippen molar-refractivity contribution >= 4 is 0 Å². The van der Waals surface area contributed by atoms with Crippen molar-refractivity contribution in [3.8, 4) is 0 Å². The highest BCUT2D eigenvalue weighted by atomic mass is 16.7. The first-order chi connectivity index (χ1) is 35.6. The third kappa shape index (κ3) is 14.8. The van der Waals surface area contributed by atoms with Crippen LogP contribution in [-0.2, 0) is 93.6 Å². The summed E-state index contributed by atoms with van der Waals surface area (Å²) in [6.45, 7) is 1.93. The van der Waals surface area contributed by atoms with E-state index in [9.17, 15) is 5.11 Å². The van der Waals surface area contributed by atoms with Crippen LogP contribution in [0.5, 0.6) is 0 Å². The fourth-order valence-corrected chi connectivity index (χ4v) is 8.98. The maximum absolute atomic E-state index is 12.1. The fourth-order valence-electron chi connectivity index (χ4n) is 8.98. The Hall–Kier alpha value is -5.90. The Balaban J connectivity index is 1.10. The normalized spacial score (nSPS) is 24.2. The van der Waals surface area contributed by atoms with E-state index in [0.717, 1.165) is 38.9 Å². The Bertz CT molecular complexity index is 2550. The summed E-state index contributed by atoms with van der Waals surface area (Å²) in [6.07, 6.45) is -9.47. The molecule has 2 heterocycles. The van der Waals surface area contributed by atoms with Crippen molar-refractivity contribution in [2.45, 2.75) is 108 Å². The minimum Gasteiger partial charge on any atom is -0.374 e. The van der Waals surface area contributed by atoms with E-state index in [2.05, 4.69) is 0 Å². The lowest BCUT2D eigenvalue weighted by Gasteiger charge is -2.49. The van der Waals surface area contributed by atoms with E-state index in [1.165, 1.54) is 0 Å². The molecule has 2 aliphatic rings. The van der Waals surface area contributed by atoms with Crippen LogP contribution in [0.25, 0.3) is 0 Å². The highest BCUT2D eigenvalue weighted by Gasteiger charge is 2.54. The lowest BCUT2D eigenvalue weighted by atomic mass is 9.95. The van der Waals surface area contributed by atoms with Gasteiger partial charge in [-0.25, -0.2) is 0 Å². The molecule has 0 aromatic heterocycles. The molecule has 2 aliphatic heterocycles. The molecule has 0 amide bonds. The molecule has 2 saturated heterocycles. The van der Waals surface area contributed by atoms with Crippen LogP contribution >= 0.6 is 0 Å². The van der Waals surface area contributed by atoms with E-state index in [4.69, 9.17) is 47.4 Å². The lowest BCUT2D eigenvalue weighted by Crippen LogP contribution is -2.66. The summed E-state index contributed by atoms with van der Waals surface area (Å²) >= 11 is 0. The first kappa shape index (κ1) is 51.0. The number of ether oxygens (including phenoxy) is 10. The molecule has 11 nitrogen and oxygen atoms in total. The molecule has 72 heavy (non-hydrogen) atoms. The molecular weight excluding hydrogens is 909 g/mol. The van der Waals surface area contributed by atoms with Crippen LogP contribution in [0, 0.1) is 0 Å². The molecule has 9 rings (SSSR count). The van der Waals surface area contributed by atoms with Gasteiger partial charge >= 0.3 is 0 Å². The highest BCUT2D eigenvalue weighted by molar-refractivity contribution is 5.19. The molecular formula is C61H64O11. The number of aliphatic hydroxyl groups excluding tert-OH is 1. The van der Waals surface area contributed by atoms with E-state index >= 15 is 0 Å². The first-order valence-electron chi connectivity index (χ1n) is 24.8. The molecule has 2 fully saturated rings. The van der Waals surface area contributed by atoms with Crippen LogP contribution in [0.3, 0.4) is 0 Å². The van der Waals surface area contributed by atoms with Crippen LogP contribution in [0.4, 0.5) is 0 Å². The topological polar surface area (TPSA) is 113 Å². The summed E-state index contributed by atoms with van der Waals surface area (Å²) in [7, 11) is 0. The van der Waals surface area contributed by atoms with Crippen LogP contribution in [-0.4, -0.2) is 79.7 Å². The maximum Gasteiger partial charge on any atom is 0.187 e. The predicted octanol–water partition coefficient (Wildman–Crippen LogP) is 10.2. The first-order valence-corrected chi connectivity index (χ1v) is 24.8. The van der Waals surface area contributed by atoms with Gasteiger partial charge in [0.1, 0.15) is 48.8 Å². The van der Waals surface area contributed by atoms with Crippen molar-refractivity contribution in [2.24, 2.45) is 0 Å². The number of hydrogen-bond acceptors (Lipinski definition) is 11. The summed E-state index contributed by atoms with van der Waals surface area (Å²) in [5.41, 5.74) is 6.74. The zero-order chi connectivity index (χ0) is 49.0. The molecule has 1 N–H and O–H groups in total. The fraction of sp³-hybridized carbons (Fsp3) is 0.311. The maximum atomic E-state index is 12.1. The molecule has 10 atom stereocenters. The molecule has 0 unspecified atom stereocenters. The second kappa shape index (κ2) is 27.2. The summed E-state index contributed by atoms with van der Waals surface area (Å²) < 4.78 is 68.6. The molecule has 11 heteroatoms. The Kier molecular flexibility index (Phi) is 19.3. The zero-order valence-electron chi connectivity index (χ0n) is 40.4. The smallest absolute Gasteiger partial charge is 0.187 e. The van der Waals surface area contributed by atoms with Gasteiger partial charge in [-0.05, 0) is 38.9 Å². The average Bonchev–Trinajstić information content (AvgIpc) is 3.43. The Morgan fingerprint density at radius 1 is 0.292 bits per heavy atom. The van der Waals surface area contributed by atoms with Crippen LogP contribution in [0.2, 0.25) is 0 Å². The number of benzene rings is 7. The molecule has 374 valence electrons. The summed E-state index contributed by atoms with van der Waals surface area (Å²) in [4.78, 5) is 0. The SMILES string of the molecule is O[C@H]1O[C@H](COCc2ccccc2)[C@@H](OCc2ccccc2)[C@H](O[C@H]2O[C@H](COCc3ccccc3)[C@@H](OCc3ccccc3)[C@H](OCc3ccccc3)[C@H]2OCc2ccccc2)[C@H]1OCc1ccccc1. The van der Waals surface area contributed by atoms with E-state index in [-0.39, 0.29) is 46.2 Å². The Morgan fingerprint density at radius 3 is 0.931 bits per heavy atom. The van der Waals surface area contributed by atoms with E-state index in [0.29, 0.717) is 13.2 Å². The van der Waals surface area contributed by atoms with Gasteiger partial charge in [0.15, 0.2) is 12.6 Å². The van der Waals surface area contributed by atoms with Crippen molar-refractivity contribution in [3.05, 3.63) is 251 Å². The van der Waals surface area contributed by atoms with Gasteiger partial charge in [0.05, 0.1) is 59.5 Å². The largest absolute Gasteiger partial charge is 0.374 e. The van der Waals surface area contributed by atoms with Gasteiger partial charge in [-0.2, -0.15) is 0 Å². The highest BCUT2D eigenvalue weighted by Crippen LogP contribution is 2.36. The summed E-state index contributed by atoms with van der Waals surface area (Å²) in [5, 5.41) is 12.1. The predicted molar refractivity (Wildman–Crippen MR) is 272 cm³/mol. The quantitative estimate of drug-likeness (QED) is 0.0591. The van der Waals surface area contributed by atoms with E-state index in [1.807, 2.05) is 212 Å². The summed E-state index contributed by atoms with van der Waals surface area (Å²) in [5.74, 6) is 0. The molecule has 0 saturated carbocycles. The minimum atomic E-state index is -1.45. The zero-order valence-corrected chi connectivity index (χ0v) is 40.4. The van der Waals surface area contributed by atoms with Crippen molar-refractivity contribution in [3.63, 3.8) is 0 Å². The molecule has 0 aliphatic carbocycles. The molecule has 7 aromatic rings. The van der Waals surface area contributed by atoms with E-state index < -0.39 is 61.4 Å². The van der Waals surface area contributed by atoms with Crippen molar-refractivity contribution in [2.75, 3.05) is 13.2 Å². The lowest BCUT2D eigenvalue weighted by molar-refractivity contribution is -0.375. The standard InChI is InChI=1S/C61H64O11/c62-60-58(68-41-50-32-18-6-19-33-50)57(55(66-39-48-28-14-4-15-29-48)52(70-60)43-63-36-45-22-8-1-9-23-45)72-61-59(69-42-51-34-20-7-21-35-51)56(67-40-49-30-16-5-17-31-49)54(65-38-47-26-12-3-13-27-47)53(71-61)44-64-37-46-24-10-2-11-25-46/h1-35,52-62H,36-44H2/t52-,53-,54-,55-,56+,57+,58-,59-,60+,61-/m1/s1. The van der Waals surface area contributed by atoms with Crippen molar-refractivity contribution in [1.82, 2.24) is 0 Å². The van der Waals surface area contributed by atoms with Crippen molar-refractivity contribution in [1.29, 1.82) is 0 Å². The van der Waals surface area contributed by atoms with Crippen LogP contribution in [0.15, 0.2) is 212 Å². The Labute approximate surface area is 423 Å².